The first-order chi connectivity index (χ1) is 13.1. The second kappa shape index (κ2) is 7.67. The highest BCUT2D eigenvalue weighted by molar-refractivity contribution is 6.30. The molecule has 1 aliphatic carbocycles. The van der Waals surface area contributed by atoms with Gasteiger partial charge in [0.15, 0.2) is 5.75 Å². The summed E-state index contributed by atoms with van der Waals surface area (Å²) in [4.78, 5) is 4.47. The van der Waals surface area contributed by atoms with Gasteiger partial charge >= 0.3 is 0 Å². The third-order valence-electron chi connectivity index (χ3n) is 4.75. The van der Waals surface area contributed by atoms with Gasteiger partial charge in [0.2, 0.25) is 0 Å². The monoisotopic (exact) mass is 384 g/mol. The molecule has 1 saturated carbocycles. The van der Waals surface area contributed by atoms with Crippen molar-refractivity contribution >= 4 is 17.4 Å². The van der Waals surface area contributed by atoms with Crippen molar-refractivity contribution < 1.29 is 14.6 Å². The lowest BCUT2D eigenvalue weighted by Gasteiger charge is -2.33. The Hall–Kier alpha value is -2.42. The molecule has 6 heteroatoms. The second-order valence-electron chi connectivity index (χ2n) is 6.93. The summed E-state index contributed by atoms with van der Waals surface area (Å²) in [6.07, 6.45) is 3.05. The van der Waals surface area contributed by atoms with E-state index in [1.165, 1.54) is 0 Å². The van der Waals surface area contributed by atoms with Crippen molar-refractivity contribution in [2.24, 2.45) is 0 Å². The molecule has 2 N–H and O–H groups in total. The lowest BCUT2D eigenvalue weighted by molar-refractivity contribution is 0.0561. The van der Waals surface area contributed by atoms with Gasteiger partial charge in [0.05, 0.1) is 0 Å². The van der Waals surface area contributed by atoms with E-state index in [-0.39, 0.29) is 6.04 Å². The first-order valence-electron chi connectivity index (χ1n) is 9.14. The number of ether oxygens (including phenoxy) is 2. The Morgan fingerprint density at radius 3 is 3.00 bits per heavy atom. The number of aromatic nitrogens is 1. The van der Waals surface area contributed by atoms with Gasteiger partial charge in [-0.3, -0.25) is 0 Å². The number of anilines is 1. The number of nitrogens with one attached hydrogen (secondary N) is 1. The standard InChI is InChI=1S/C21H21ClN2O3/c22-16-4-1-3-15(13-16)8-10-21(25)9-2-5-17(14-21)23-19-7-6-18-20(24-19)27-12-11-26-18/h1,3-4,6-7,13,17,25H,2,5,9,11-12,14H2,(H,23,24)/t17-,21+/m0/s1. The Labute approximate surface area is 163 Å². The molecule has 4 rings (SSSR count). The van der Waals surface area contributed by atoms with Crippen molar-refractivity contribution in [1.82, 2.24) is 4.98 Å². The highest BCUT2D eigenvalue weighted by Gasteiger charge is 2.33. The second-order valence-corrected chi connectivity index (χ2v) is 7.36. The van der Waals surface area contributed by atoms with E-state index in [4.69, 9.17) is 21.1 Å². The average molecular weight is 385 g/mol. The molecule has 5 nitrogen and oxygen atoms in total. The molecule has 0 bridgehead atoms. The molecule has 0 amide bonds. The molecule has 2 aromatic rings. The zero-order valence-corrected chi connectivity index (χ0v) is 15.6. The van der Waals surface area contributed by atoms with Crippen molar-refractivity contribution in [3.63, 3.8) is 0 Å². The van der Waals surface area contributed by atoms with E-state index in [2.05, 4.69) is 22.1 Å². The molecule has 1 fully saturated rings. The predicted octanol–water partition coefficient (Wildman–Crippen LogP) is 3.64. The van der Waals surface area contributed by atoms with Crippen LogP contribution in [-0.2, 0) is 0 Å². The number of pyridine rings is 1. The third kappa shape index (κ3) is 4.47. The number of hydrogen-bond acceptors (Lipinski definition) is 5. The van der Waals surface area contributed by atoms with Gasteiger partial charge in [0.1, 0.15) is 24.6 Å². The van der Waals surface area contributed by atoms with E-state index in [0.717, 1.165) is 24.2 Å². The Bertz CT molecular complexity index is 892. The van der Waals surface area contributed by atoms with Crippen LogP contribution in [0.2, 0.25) is 5.02 Å². The molecule has 0 saturated heterocycles. The molecule has 0 spiro atoms. The van der Waals surface area contributed by atoms with Crippen LogP contribution in [0.25, 0.3) is 0 Å². The number of aliphatic hydroxyl groups is 1. The lowest BCUT2D eigenvalue weighted by atomic mass is 9.82. The molecule has 0 radical (unpaired) electrons. The number of hydrogen-bond donors (Lipinski definition) is 2. The van der Waals surface area contributed by atoms with Crippen LogP contribution in [0.4, 0.5) is 5.82 Å². The maximum atomic E-state index is 10.9. The molecule has 140 valence electrons. The summed E-state index contributed by atoms with van der Waals surface area (Å²) < 4.78 is 11.0. The Kier molecular flexibility index (Phi) is 5.11. The van der Waals surface area contributed by atoms with Crippen molar-refractivity contribution in [2.45, 2.75) is 37.3 Å². The van der Waals surface area contributed by atoms with E-state index in [9.17, 15) is 5.11 Å². The van der Waals surface area contributed by atoms with Gasteiger partial charge in [-0.25, -0.2) is 0 Å². The number of halogens is 1. The third-order valence-corrected chi connectivity index (χ3v) is 4.98. The highest BCUT2D eigenvalue weighted by atomic mass is 35.5. The van der Waals surface area contributed by atoms with Crippen molar-refractivity contribution in [3.05, 3.63) is 47.0 Å². The van der Waals surface area contributed by atoms with Crippen LogP contribution in [-0.4, -0.2) is 34.9 Å². The first-order valence-corrected chi connectivity index (χ1v) is 9.52. The SMILES string of the molecule is O[C@@]1(C#Cc2cccc(Cl)c2)CCC[C@H](Nc2ccc3c(n2)OCCO3)C1. The topological polar surface area (TPSA) is 63.6 Å². The zero-order valence-electron chi connectivity index (χ0n) is 14.9. The van der Waals surface area contributed by atoms with E-state index >= 15 is 0 Å². The van der Waals surface area contributed by atoms with Crippen LogP contribution in [0.15, 0.2) is 36.4 Å². The van der Waals surface area contributed by atoms with Crippen LogP contribution in [0, 0.1) is 11.8 Å². The molecule has 1 aromatic heterocycles. The summed E-state index contributed by atoms with van der Waals surface area (Å²) in [5.41, 5.74) is -0.217. The van der Waals surface area contributed by atoms with Gasteiger partial charge < -0.3 is 19.9 Å². The fourth-order valence-corrected chi connectivity index (χ4v) is 3.65. The van der Waals surface area contributed by atoms with Crippen LogP contribution in [0.1, 0.15) is 31.2 Å². The van der Waals surface area contributed by atoms with E-state index in [1.54, 1.807) is 6.07 Å². The van der Waals surface area contributed by atoms with Crippen LogP contribution >= 0.6 is 11.6 Å². The van der Waals surface area contributed by atoms with Gasteiger partial charge in [0, 0.05) is 23.0 Å². The fourth-order valence-electron chi connectivity index (χ4n) is 3.46. The minimum Gasteiger partial charge on any atom is -0.484 e. The molecule has 2 atom stereocenters. The first kappa shape index (κ1) is 18.0. The molecule has 2 heterocycles. The maximum absolute atomic E-state index is 10.9. The van der Waals surface area contributed by atoms with Gasteiger partial charge in [-0.1, -0.05) is 29.5 Å². The van der Waals surface area contributed by atoms with Crippen LogP contribution in [0.5, 0.6) is 11.6 Å². The zero-order chi connectivity index (χ0) is 18.7. The van der Waals surface area contributed by atoms with E-state index in [1.807, 2.05) is 30.3 Å². The number of rotatable bonds is 2. The largest absolute Gasteiger partial charge is 0.484 e. The number of nitrogens with zero attached hydrogens (tertiary/aromatic N) is 1. The van der Waals surface area contributed by atoms with Crippen molar-refractivity contribution in [3.8, 4) is 23.5 Å². The molecule has 27 heavy (non-hydrogen) atoms. The Morgan fingerprint density at radius 1 is 1.22 bits per heavy atom. The fraction of sp³-hybridized carbons (Fsp3) is 0.381. The summed E-state index contributed by atoms with van der Waals surface area (Å²) in [6, 6.07) is 11.2. The number of benzene rings is 1. The molecule has 1 aromatic carbocycles. The van der Waals surface area contributed by atoms with Crippen molar-refractivity contribution in [1.29, 1.82) is 0 Å². The summed E-state index contributed by atoms with van der Waals surface area (Å²) in [5, 5.41) is 15.0. The van der Waals surface area contributed by atoms with Crippen LogP contribution < -0.4 is 14.8 Å². The normalized spacial score (nSPS) is 23.9. The highest BCUT2D eigenvalue weighted by Crippen LogP contribution is 2.32. The molecule has 0 unspecified atom stereocenters. The summed E-state index contributed by atoms with van der Waals surface area (Å²) >= 11 is 6.00. The van der Waals surface area contributed by atoms with E-state index in [0.29, 0.717) is 42.7 Å². The number of fused-ring (bicyclic) bond motifs is 1. The quantitative estimate of drug-likeness (QED) is 0.774. The van der Waals surface area contributed by atoms with Gasteiger partial charge in [-0.05, 0) is 49.6 Å². The van der Waals surface area contributed by atoms with E-state index < -0.39 is 5.60 Å². The maximum Gasteiger partial charge on any atom is 0.259 e. The molecule has 2 aliphatic rings. The molecular weight excluding hydrogens is 364 g/mol. The minimum absolute atomic E-state index is 0.0903. The lowest BCUT2D eigenvalue weighted by Crippen LogP contribution is -2.39. The average Bonchev–Trinajstić information content (AvgIpc) is 2.67. The molecule has 1 aliphatic heterocycles. The Morgan fingerprint density at radius 2 is 2.11 bits per heavy atom. The van der Waals surface area contributed by atoms with Crippen molar-refractivity contribution in [2.75, 3.05) is 18.5 Å². The summed E-state index contributed by atoms with van der Waals surface area (Å²) in [6.45, 7) is 1.05. The van der Waals surface area contributed by atoms with Gasteiger partial charge in [0.25, 0.3) is 5.88 Å². The van der Waals surface area contributed by atoms with Gasteiger partial charge in [-0.2, -0.15) is 4.98 Å². The minimum atomic E-state index is -1.02. The van der Waals surface area contributed by atoms with Crippen LogP contribution in [0.3, 0.4) is 0 Å². The predicted molar refractivity (Wildman–Crippen MR) is 104 cm³/mol. The summed E-state index contributed by atoms with van der Waals surface area (Å²) in [7, 11) is 0. The Balaban J connectivity index is 1.45. The molecular formula is C21H21ClN2O3. The summed E-state index contributed by atoms with van der Waals surface area (Å²) in [5.74, 6) is 8.00. The smallest absolute Gasteiger partial charge is 0.259 e. The van der Waals surface area contributed by atoms with Gasteiger partial charge in [-0.15, -0.1) is 0 Å².